The molecule has 25 heavy (non-hydrogen) atoms. The Labute approximate surface area is 144 Å². The van der Waals surface area contributed by atoms with E-state index in [1.165, 1.54) is 12.3 Å². The van der Waals surface area contributed by atoms with E-state index in [0.717, 1.165) is 12.8 Å². The number of hydrogen-bond acceptors (Lipinski definition) is 4. The quantitative estimate of drug-likeness (QED) is 0.872. The first-order valence-corrected chi connectivity index (χ1v) is 8.58. The van der Waals surface area contributed by atoms with Crippen molar-refractivity contribution >= 4 is 17.3 Å². The summed E-state index contributed by atoms with van der Waals surface area (Å²) in [5, 5.41) is 18.6. The second kappa shape index (κ2) is 5.98. The Morgan fingerprint density at radius 2 is 2.00 bits per heavy atom. The van der Waals surface area contributed by atoms with Gasteiger partial charge in [-0.25, -0.2) is 13.6 Å². The van der Waals surface area contributed by atoms with Crippen LogP contribution >= 0.6 is 0 Å². The number of carboxylic acid groups (broad SMARTS) is 1. The lowest BCUT2D eigenvalue weighted by molar-refractivity contribution is -0.132. The molecular formula is C18H20F2N2O3. The average molecular weight is 350 g/mol. The van der Waals surface area contributed by atoms with Crippen molar-refractivity contribution in [3.63, 3.8) is 0 Å². The third-order valence-electron chi connectivity index (χ3n) is 5.26. The molecule has 5 nitrogen and oxygen atoms in total. The van der Waals surface area contributed by atoms with Crippen LogP contribution in [0.15, 0.2) is 17.8 Å². The molecule has 1 atom stereocenters. The van der Waals surface area contributed by atoms with Gasteiger partial charge < -0.3 is 20.0 Å². The Bertz CT molecular complexity index is 761. The summed E-state index contributed by atoms with van der Waals surface area (Å²) >= 11 is 0. The Morgan fingerprint density at radius 1 is 1.24 bits per heavy atom. The lowest BCUT2D eigenvalue weighted by Crippen LogP contribution is -2.30. The molecule has 0 spiro atoms. The number of halogens is 2. The number of aliphatic hydroxyl groups is 1. The lowest BCUT2D eigenvalue weighted by Gasteiger charge is -2.31. The fourth-order valence-corrected chi connectivity index (χ4v) is 3.79. The first kappa shape index (κ1) is 16.3. The van der Waals surface area contributed by atoms with E-state index in [9.17, 15) is 19.4 Å². The molecule has 1 saturated heterocycles. The molecule has 1 saturated carbocycles. The van der Waals surface area contributed by atoms with Gasteiger partial charge in [0, 0.05) is 44.3 Å². The molecule has 4 rings (SSSR count). The highest BCUT2D eigenvalue weighted by atomic mass is 19.1. The molecule has 1 unspecified atom stereocenters. The third-order valence-corrected chi connectivity index (χ3v) is 5.26. The average Bonchev–Trinajstić information content (AvgIpc) is 3.32. The van der Waals surface area contributed by atoms with Gasteiger partial charge in [0.05, 0.1) is 11.3 Å². The number of aliphatic hydroxyl groups excluding tert-OH is 1. The van der Waals surface area contributed by atoms with Gasteiger partial charge in [0.2, 0.25) is 0 Å². The molecule has 2 fully saturated rings. The number of fused-ring (bicyclic) bond motifs is 1. The van der Waals surface area contributed by atoms with E-state index < -0.39 is 17.6 Å². The van der Waals surface area contributed by atoms with Gasteiger partial charge in [-0.3, -0.25) is 0 Å². The van der Waals surface area contributed by atoms with Crippen LogP contribution in [0.1, 0.15) is 24.8 Å². The first-order chi connectivity index (χ1) is 12.0. The predicted molar refractivity (Wildman–Crippen MR) is 88.7 cm³/mol. The molecule has 2 aliphatic heterocycles. The van der Waals surface area contributed by atoms with E-state index in [1.54, 1.807) is 9.80 Å². The molecule has 1 aliphatic carbocycles. The van der Waals surface area contributed by atoms with Crippen molar-refractivity contribution < 1.29 is 23.8 Å². The van der Waals surface area contributed by atoms with Crippen LogP contribution in [0.2, 0.25) is 0 Å². The molecule has 0 aromatic heterocycles. The van der Waals surface area contributed by atoms with Crippen molar-refractivity contribution in [1.82, 2.24) is 0 Å². The summed E-state index contributed by atoms with van der Waals surface area (Å²) in [6.45, 7) is 0.920. The first-order valence-electron chi connectivity index (χ1n) is 8.58. The molecule has 7 heteroatoms. The molecular weight excluding hydrogens is 330 g/mol. The second-order valence-corrected chi connectivity index (χ2v) is 7.09. The molecule has 2 heterocycles. The van der Waals surface area contributed by atoms with E-state index in [-0.39, 0.29) is 36.2 Å². The van der Waals surface area contributed by atoms with Crippen LogP contribution in [-0.2, 0) is 11.2 Å². The van der Waals surface area contributed by atoms with E-state index in [0.29, 0.717) is 30.8 Å². The summed E-state index contributed by atoms with van der Waals surface area (Å²) in [4.78, 5) is 14.7. The number of carboxylic acids is 1. The number of carbonyl (C=O) groups is 1. The summed E-state index contributed by atoms with van der Waals surface area (Å²) in [5.74, 6) is -2.34. The number of hydrogen-bond donors (Lipinski definition) is 2. The zero-order chi connectivity index (χ0) is 17.7. The van der Waals surface area contributed by atoms with Crippen LogP contribution < -0.4 is 9.80 Å². The van der Waals surface area contributed by atoms with Crippen molar-refractivity contribution in [3.8, 4) is 0 Å². The minimum atomic E-state index is -1.06. The van der Waals surface area contributed by atoms with Gasteiger partial charge in [-0.15, -0.1) is 0 Å². The van der Waals surface area contributed by atoms with Crippen molar-refractivity contribution in [3.05, 3.63) is 35.0 Å². The van der Waals surface area contributed by atoms with Crippen molar-refractivity contribution in [1.29, 1.82) is 0 Å². The van der Waals surface area contributed by atoms with Crippen molar-refractivity contribution in [2.45, 2.75) is 31.7 Å². The molecule has 1 aromatic rings. The van der Waals surface area contributed by atoms with Gasteiger partial charge in [-0.1, -0.05) is 0 Å². The molecule has 0 amide bonds. The van der Waals surface area contributed by atoms with Crippen LogP contribution in [0.4, 0.5) is 20.2 Å². The highest BCUT2D eigenvalue weighted by molar-refractivity contribution is 5.90. The highest BCUT2D eigenvalue weighted by Gasteiger charge is 2.37. The fourth-order valence-electron chi connectivity index (χ4n) is 3.79. The summed E-state index contributed by atoms with van der Waals surface area (Å²) in [5.41, 5.74) is 0.764. The zero-order valence-corrected chi connectivity index (χ0v) is 13.7. The normalized spacial score (nSPS) is 22.8. The third kappa shape index (κ3) is 2.76. The molecule has 3 aliphatic rings. The van der Waals surface area contributed by atoms with Crippen molar-refractivity contribution in [2.75, 3.05) is 29.5 Å². The smallest absolute Gasteiger partial charge is 0.333 e. The summed E-state index contributed by atoms with van der Waals surface area (Å²) < 4.78 is 30.0. The molecule has 0 radical (unpaired) electrons. The number of benzene rings is 1. The predicted octanol–water partition coefficient (Wildman–Crippen LogP) is 2.28. The maximum Gasteiger partial charge on any atom is 0.333 e. The monoisotopic (exact) mass is 350 g/mol. The van der Waals surface area contributed by atoms with Crippen molar-refractivity contribution in [2.24, 2.45) is 5.92 Å². The standard InChI is InChI=1S/C18H20F2N2O3/c19-14-6-11-5-12(18(24)25)8-22(13-1-2-13)16(11)15(20)17(14)21-4-3-10(7-21)9-23/h6,8,10,13,23H,1-5,7,9H2,(H,24,25). The van der Waals surface area contributed by atoms with Crippen LogP contribution in [0.3, 0.4) is 0 Å². The number of rotatable bonds is 4. The Hall–Kier alpha value is -2.15. The lowest BCUT2D eigenvalue weighted by atomic mass is 9.97. The Balaban J connectivity index is 1.78. The van der Waals surface area contributed by atoms with Gasteiger partial charge in [0.15, 0.2) is 5.82 Å². The Morgan fingerprint density at radius 3 is 2.60 bits per heavy atom. The van der Waals surface area contributed by atoms with E-state index >= 15 is 4.39 Å². The van der Waals surface area contributed by atoms with Gasteiger partial charge in [0.25, 0.3) is 0 Å². The minimum absolute atomic E-state index is 0.00356. The van der Waals surface area contributed by atoms with Crippen LogP contribution in [0, 0.1) is 17.6 Å². The van der Waals surface area contributed by atoms with Crippen LogP contribution in [0.25, 0.3) is 0 Å². The van der Waals surface area contributed by atoms with Crippen LogP contribution in [-0.4, -0.2) is 41.9 Å². The highest BCUT2D eigenvalue weighted by Crippen LogP contribution is 2.44. The maximum absolute atomic E-state index is 15.3. The Kier molecular flexibility index (Phi) is 3.91. The number of nitrogens with zero attached hydrogens (tertiary/aromatic N) is 2. The molecule has 2 N–H and O–H groups in total. The maximum atomic E-state index is 15.3. The SMILES string of the molecule is O=C(O)C1=CN(C2CC2)c2c(cc(F)c(N3CCC(CO)C3)c2F)C1. The summed E-state index contributed by atoms with van der Waals surface area (Å²) in [7, 11) is 0. The molecule has 134 valence electrons. The van der Waals surface area contributed by atoms with Gasteiger partial charge in [-0.2, -0.15) is 0 Å². The minimum Gasteiger partial charge on any atom is -0.478 e. The van der Waals surface area contributed by atoms with Gasteiger partial charge in [0.1, 0.15) is 11.5 Å². The van der Waals surface area contributed by atoms with E-state index in [4.69, 9.17) is 0 Å². The fraction of sp³-hybridized carbons (Fsp3) is 0.500. The number of anilines is 2. The van der Waals surface area contributed by atoms with Gasteiger partial charge >= 0.3 is 5.97 Å². The summed E-state index contributed by atoms with van der Waals surface area (Å²) in [6, 6.07) is 1.34. The number of aliphatic carboxylic acids is 1. The zero-order valence-electron chi connectivity index (χ0n) is 13.7. The van der Waals surface area contributed by atoms with Gasteiger partial charge in [-0.05, 0) is 30.9 Å². The molecule has 0 bridgehead atoms. The molecule has 1 aromatic carbocycles. The largest absolute Gasteiger partial charge is 0.478 e. The second-order valence-electron chi connectivity index (χ2n) is 7.09. The van der Waals surface area contributed by atoms with E-state index in [2.05, 4.69) is 0 Å². The topological polar surface area (TPSA) is 64.0 Å². The van der Waals surface area contributed by atoms with Crippen LogP contribution in [0.5, 0.6) is 0 Å². The summed E-state index contributed by atoms with van der Waals surface area (Å²) in [6.07, 6.45) is 3.94. The van der Waals surface area contributed by atoms with E-state index in [1.807, 2.05) is 0 Å².